The summed E-state index contributed by atoms with van der Waals surface area (Å²) in [5.74, 6) is -1.44. The third-order valence-corrected chi connectivity index (χ3v) is 12.7. The highest BCUT2D eigenvalue weighted by Gasteiger charge is 2.28. The summed E-state index contributed by atoms with van der Waals surface area (Å²) in [6, 6.07) is -1.14. The van der Waals surface area contributed by atoms with Crippen molar-refractivity contribution < 1.29 is 28.0 Å². The van der Waals surface area contributed by atoms with Crippen LogP contribution in [0.3, 0.4) is 0 Å². The molecule has 1 amide bonds. The highest BCUT2D eigenvalue weighted by atomic mass is 32.2. The lowest BCUT2D eigenvalue weighted by atomic mass is 10.0. The molecule has 0 aliphatic carbocycles. The lowest BCUT2D eigenvalue weighted by Crippen LogP contribution is -2.50. The molecule has 0 radical (unpaired) electrons. The number of hydrogen-bond donors (Lipinski definition) is 4. The molecule has 0 saturated heterocycles. The summed E-state index contributed by atoms with van der Waals surface area (Å²) in [6.45, 7) is 4.55. The standard InChI is InChI=1S/C48H97NO6S/c1-3-5-7-9-11-13-15-17-19-21-23-24-25-27-28-30-32-34-36-38-40-42-46(50)45(44-56(53,54)55)49-48(52)47(51)43-41-39-37-35-33-31-29-26-22-20-18-16-14-12-10-8-6-4-2/h45-47,50-51H,3-44H2,1-2H3,(H,49,52)(H,53,54,55). The van der Waals surface area contributed by atoms with Gasteiger partial charge in [-0.05, 0) is 12.8 Å². The van der Waals surface area contributed by atoms with Crippen LogP contribution in [-0.4, -0.2) is 53.1 Å². The van der Waals surface area contributed by atoms with Gasteiger partial charge in [-0.2, -0.15) is 8.42 Å². The summed E-state index contributed by atoms with van der Waals surface area (Å²) in [6.07, 6.45) is 48.4. The van der Waals surface area contributed by atoms with E-state index in [1.807, 2.05) is 0 Å². The average Bonchev–Trinajstić information content (AvgIpc) is 3.17. The Labute approximate surface area is 349 Å². The highest BCUT2D eigenvalue weighted by molar-refractivity contribution is 7.85. The fourth-order valence-electron chi connectivity index (χ4n) is 8.11. The molecule has 4 N–H and O–H groups in total. The minimum atomic E-state index is -4.41. The zero-order chi connectivity index (χ0) is 41.2. The summed E-state index contributed by atoms with van der Waals surface area (Å²) in [5.41, 5.74) is 0. The van der Waals surface area contributed by atoms with E-state index in [9.17, 15) is 28.0 Å². The number of aliphatic hydroxyl groups is 2. The van der Waals surface area contributed by atoms with Gasteiger partial charge >= 0.3 is 0 Å². The Balaban J connectivity index is 3.83. The molecule has 0 aromatic carbocycles. The van der Waals surface area contributed by atoms with Crippen LogP contribution in [0.2, 0.25) is 0 Å². The second-order valence-electron chi connectivity index (χ2n) is 17.6. The Morgan fingerprint density at radius 3 is 0.893 bits per heavy atom. The van der Waals surface area contributed by atoms with Gasteiger partial charge in [-0.1, -0.05) is 264 Å². The maximum atomic E-state index is 12.7. The van der Waals surface area contributed by atoms with Gasteiger partial charge in [0.05, 0.1) is 17.9 Å². The summed E-state index contributed by atoms with van der Waals surface area (Å²) in [5, 5.41) is 23.7. The number of unbranched alkanes of at least 4 members (excludes halogenated alkanes) is 37. The van der Waals surface area contributed by atoms with Gasteiger partial charge in [0.2, 0.25) is 5.91 Å². The van der Waals surface area contributed by atoms with E-state index in [0.717, 1.165) is 44.9 Å². The average molecular weight is 816 g/mol. The van der Waals surface area contributed by atoms with Crippen molar-refractivity contribution in [3.8, 4) is 0 Å². The van der Waals surface area contributed by atoms with Crippen LogP contribution < -0.4 is 5.32 Å². The van der Waals surface area contributed by atoms with Crippen LogP contribution in [0.25, 0.3) is 0 Å². The van der Waals surface area contributed by atoms with E-state index in [2.05, 4.69) is 19.2 Å². The maximum Gasteiger partial charge on any atom is 0.266 e. The zero-order valence-corrected chi connectivity index (χ0v) is 38.2. The van der Waals surface area contributed by atoms with Crippen LogP contribution in [0.4, 0.5) is 0 Å². The summed E-state index contributed by atoms with van der Waals surface area (Å²) in [4.78, 5) is 12.7. The molecule has 3 atom stereocenters. The van der Waals surface area contributed by atoms with E-state index >= 15 is 0 Å². The van der Waals surface area contributed by atoms with E-state index in [1.54, 1.807) is 0 Å². The number of aliphatic hydroxyl groups excluding tert-OH is 2. The molecular weight excluding hydrogens is 719 g/mol. The van der Waals surface area contributed by atoms with Crippen molar-refractivity contribution in [1.29, 1.82) is 0 Å². The number of nitrogens with one attached hydrogen (secondary N) is 1. The quantitative estimate of drug-likeness (QED) is 0.0358. The normalized spacial score (nSPS) is 13.6. The van der Waals surface area contributed by atoms with Crippen LogP contribution in [0.15, 0.2) is 0 Å². The molecule has 0 spiro atoms. The molecule has 0 heterocycles. The fourth-order valence-corrected chi connectivity index (χ4v) is 8.87. The third kappa shape index (κ3) is 41.5. The molecule has 0 fully saturated rings. The van der Waals surface area contributed by atoms with E-state index in [4.69, 9.17) is 0 Å². The molecule has 0 aliphatic heterocycles. The smallest absolute Gasteiger partial charge is 0.266 e. The first-order valence-corrected chi connectivity index (χ1v) is 26.4. The second kappa shape index (κ2) is 42.4. The maximum absolute atomic E-state index is 12.7. The largest absolute Gasteiger partial charge is 0.391 e. The lowest BCUT2D eigenvalue weighted by Gasteiger charge is -2.24. The van der Waals surface area contributed by atoms with Crippen molar-refractivity contribution in [1.82, 2.24) is 5.32 Å². The van der Waals surface area contributed by atoms with Gasteiger partial charge < -0.3 is 15.5 Å². The molecule has 0 rings (SSSR count). The first-order chi connectivity index (χ1) is 27.2. The fraction of sp³-hybridized carbons (Fsp3) is 0.979. The Hall–Kier alpha value is -0.700. The van der Waals surface area contributed by atoms with Gasteiger partial charge in [0.1, 0.15) is 6.10 Å². The van der Waals surface area contributed by atoms with E-state index in [1.165, 1.54) is 205 Å². The first kappa shape index (κ1) is 55.3. The van der Waals surface area contributed by atoms with Crippen LogP contribution in [0, 0.1) is 0 Å². The van der Waals surface area contributed by atoms with Crippen LogP contribution in [0.5, 0.6) is 0 Å². The SMILES string of the molecule is CCCCCCCCCCCCCCCCCCCCCCCC(O)C(CS(=O)(=O)O)NC(=O)C(O)CCCCCCCCCCCCCCCCCCCC. The molecule has 3 unspecified atom stereocenters. The molecule has 8 heteroatoms. The van der Waals surface area contributed by atoms with E-state index < -0.39 is 40.0 Å². The molecule has 0 saturated carbocycles. The van der Waals surface area contributed by atoms with E-state index in [-0.39, 0.29) is 0 Å². The first-order valence-electron chi connectivity index (χ1n) is 24.8. The molecule has 0 aromatic heterocycles. The van der Waals surface area contributed by atoms with Gasteiger partial charge in [-0.25, -0.2) is 0 Å². The number of amides is 1. The predicted molar refractivity (Wildman–Crippen MR) is 241 cm³/mol. The van der Waals surface area contributed by atoms with Crippen molar-refractivity contribution in [2.24, 2.45) is 0 Å². The van der Waals surface area contributed by atoms with Gasteiger partial charge in [-0.3, -0.25) is 9.35 Å². The molecule has 0 aliphatic rings. The number of hydrogen-bond acceptors (Lipinski definition) is 5. The predicted octanol–water partition coefficient (Wildman–Crippen LogP) is 14.1. The van der Waals surface area contributed by atoms with Crippen molar-refractivity contribution in [3.05, 3.63) is 0 Å². The molecule has 336 valence electrons. The molecular formula is C48H97NO6S. The summed E-state index contributed by atoms with van der Waals surface area (Å²) in [7, 11) is -4.41. The van der Waals surface area contributed by atoms with Crippen molar-refractivity contribution in [3.63, 3.8) is 0 Å². The number of carbonyl (C=O) groups is 1. The van der Waals surface area contributed by atoms with Crippen molar-refractivity contribution >= 4 is 16.0 Å². The molecule has 0 bridgehead atoms. The van der Waals surface area contributed by atoms with Gasteiger partial charge in [0, 0.05) is 0 Å². The van der Waals surface area contributed by atoms with Crippen LogP contribution >= 0.6 is 0 Å². The van der Waals surface area contributed by atoms with Gasteiger partial charge in [0.15, 0.2) is 0 Å². The highest BCUT2D eigenvalue weighted by Crippen LogP contribution is 2.18. The second-order valence-corrected chi connectivity index (χ2v) is 19.1. The third-order valence-electron chi connectivity index (χ3n) is 11.9. The monoisotopic (exact) mass is 816 g/mol. The van der Waals surface area contributed by atoms with Crippen LogP contribution in [0.1, 0.15) is 277 Å². The Bertz CT molecular complexity index is 915. The topological polar surface area (TPSA) is 124 Å². The molecule has 56 heavy (non-hydrogen) atoms. The summed E-state index contributed by atoms with van der Waals surface area (Å²) < 4.78 is 32.7. The number of rotatable bonds is 46. The van der Waals surface area contributed by atoms with Crippen molar-refractivity contribution in [2.45, 2.75) is 295 Å². The van der Waals surface area contributed by atoms with Crippen LogP contribution in [-0.2, 0) is 14.9 Å². The Kier molecular flexibility index (Phi) is 41.9. The summed E-state index contributed by atoms with van der Waals surface area (Å²) >= 11 is 0. The lowest BCUT2D eigenvalue weighted by molar-refractivity contribution is -0.131. The Morgan fingerprint density at radius 1 is 0.411 bits per heavy atom. The number of carbonyl (C=O) groups excluding carboxylic acids is 1. The minimum absolute atomic E-state index is 0.304. The zero-order valence-electron chi connectivity index (χ0n) is 37.4. The van der Waals surface area contributed by atoms with Gasteiger partial charge in [-0.15, -0.1) is 0 Å². The molecule has 0 aromatic rings. The Morgan fingerprint density at radius 2 is 0.643 bits per heavy atom. The minimum Gasteiger partial charge on any atom is -0.391 e. The molecule has 7 nitrogen and oxygen atoms in total. The van der Waals surface area contributed by atoms with E-state index in [0.29, 0.717) is 12.8 Å². The van der Waals surface area contributed by atoms with Crippen molar-refractivity contribution in [2.75, 3.05) is 5.75 Å². The van der Waals surface area contributed by atoms with Gasteiger partial charge in [0.25, 0.3) is 10.1 Å².